The predicted octanol–water partition coefficient (Wildman–Crippen LogP) is 2.66. The summed E-state index contributed by atoms with van der Waals surface area (Å²) in [6.45, 7) is 3.02. The molecular weight excluding hydrogens is 362 g/mol. The van der Waals surface area contributed by atoms with Crippen LogP contribution in [-0.2, 0) is 16.1 Å². The van der Waals surface area contributed by atoms with Crippen LogP contribution >= 0.6 is 12.4 Å². The molecule has 1 aliphatic rings. The molecule has 5 nitrogen and oxygen atoms in total. The van der Waals surface area contributed by atoms with Gasteiger partial charge in [-0.05, 0) is 17.5 Å². The minimum absolute atomic E-state index is 0. The summed E-state index contributed by atoms with van der Waals surface area (Å²) in [4.78, 5) is 26.9. The Morgan fingerprint density at radius 2 is 1.74 bits per heavy atom. The average Bonchev–Trinajstić information content (AvgIpc) is 3.01. The van der Waals surface area contributed by atoms with E-state index in [4.69, 9.17) is 5.73 Å². The van der Waals surface area contributed by atoms with Crippen molar-refractivity contribution in [1.82, 2.24) is 10.2 Å². The molecule has 2 aromatic rings. The topological polar surface area (TPSA) is 75.4 Å². The van der Waals surface area contributed by atoms with E-state index in [1.807, 2.05) is 60.7 Å². The second kappa shape index (κ2) is 9.53. The predicted molar refractivity (Wildman–Crippen MR) is 108 cm³/mol. The van der Waals surface area contributed by atoms with Crippen molar-refractivity contribution in [3.8, 4) is 0 Å². The third-order valence-corrected chi connectivity index (χ3v) is 4.97. The van der Waals surface area contributed by atoms with E-state index in [1.54, 1.807) is 11.8 Å². The molecule has 0 radical (unpaired) electrons. The normalized spacial score (nSPS) is 18.5. The number of nitrogens with two attached hydrogens (primary N) is 1. The smallest absolute Gasteiger partial charge is 0.245 e. The summed E-state index contributed by atoms with van der Waals surface area (Å²) in [6.07, 6.45) is 0.630. The molecule has 27 heavy (non-hydrogen) atoms. The van der Waals surface area contributed by atoms with E-state index in [2.05, 4.69) is 5.32 Å². The molecule has 0 saturated carbocycles. The molecule has 0 aliphatic carbocycles. The summed E-state index contributed by atoms with van der Waals surface area (Å²) in [5.41, 5.74) is 8.23. The summed E-state index contributed by atoms with van der Waals surface area (Å²) in [5, 5.41) is 2.88. The first-order chi connectivity index (χ1) is 12.6. The Bertz CT molecular complexity index is 755. The number of carbonyl (C=O) groups is 2. The van der Waals surface area contributed by atoms with Crippen LogP contribution in [0.15, 0.2) is 60.7 Å². The van der Waals surface area contributed by atoms with Gasteiger partial charge in [0.15, 0.2) is 0 Å². The maximum atomic E-state index is 12.6. The van der Waals surface area contributed by atoms with Crippen molar-refractivity contribution in [2.45, 2.75) is 32.0 Å². The Morgan fingerprint density at radius 1 is 1.15 bits per heavy atom. The van der Waals surface area contributed by atoms with Crippen molar-refractivity contribution in [3.05, 3.63) is 71.8 Å². The van der Waals surface area contributed by atoms with Gasteiger partial charge in [-0.3, -0.25) is 9.59 Å². The summed E-state index contributed by atoms with van der Waals surface area (Å²) in [7, 11) is 0. The number of rotatable bonds is 6. The standard InChI is InChI=1S/C21H25N3O2.ClH/c1-15(19(22)17-10-6-3-7-11-17)20(25)23-18-12-13-24(21(18)26)14-16-8-4-2-5-9-16;/h2-11,15,18-19H,12-14,22H2,1H3,(H,23,25);1H. The molecule has 2 aromatic carbocycles. The quantitative estimate of drug-likeness (QED) is 0.800. The number of likely N-dealkylation sites (tertiary alicyclic amines) is 1. The zero-order valence-electron chi connectivity index (χ0n) is 15.4. The first-order valence-electron chi connectivity index (χ1n) is 9.00. The fraction of sp³-hybridized carbons (Fsp3) is 0.333. The lowest BCUT2D eigenvalue weighted by Crippen LogP contribution is -2.45. The minimum atomic E-state index is -0.461. The van der Waals surface area contributed by atoms with Crippen LogP contribution in [-0.4, -0.2) is 29.3 Å². The van der Waals surface area contributed by atoms with Crippen LogP contribution < -0.4 is 11.1 Å². The van der Waals surface area contributed by atoms with Crippen molar-refractivity contribution in [1.29, 1.82) is 0 Å². The van der Waals surface area contributed by atoms with E-state index >= 15 is 0 Å². The summed E-state index contributed by atoms with van der Waals surface area (Å²) in [6, 6.07) is 18.6. The van der Waals surface area contributed by atoms with Gasteiger partial charge in [-0.15, -0.1) is 12.4 Å². The van der Waals surface area contributed by atoms with Gasteiger partial charge in [-0.25, -0.2) is 0 Å². The summed E-state index contributed by atoms with van der Waals surface area (Å²) < 4.78 is 0. The fourth-order valence-corrected chi connectivity index (χ4v) is 3.26. The van der Waals surface area contributed by atoms with Crippen molar-refractivity contribution in [2.75, 3.05) is 6.54 Å². The Kier molecular flexibility index (Phi) is 7.39. The first kappa shape index (κ1) is 20.9. The van der Waals surface area contributed by atoms with E-state index in [9.17, 15) is 9.59 Å². The highest BCUT2D eigenvalue weighted by molar-refractivity contribution is 5.90. The van der Waals surface area contributed by atoms with Gasteiger partial charge in [0, 0.05) is 19.1 Å². The third-order valence-electron chi connectivity index (χ3n) is 4.97. The fourth-order valence-electron chi connectivity index (χ4n) is 3.26. The minimum Gasteiger partial charge on any atom is -0.344 e. The summed E-state index contributed by atoms with van der Waals surface area (Å²) >= 11 is 0. The number of halogens is 1. The Morgan fingerprint density at radius 3 is 2.37 bits per heavy atom. The molecule has 0 aromatic heterocycles. The lowest BCUT2D eigenvalue weighted by atomic mass is 9.94. The molecule has 1 saturated heterocycles. The number of benzene rings is 2. The zero-order chi connectivity index (χ0) is 18.5. The molecule has 1 fully saturated rings. The molecule has 3 atom stereocenters. The molecule has 6 heteroatoms. The van der Waals surface area contributed by atoms with E-state index in [-0.39, 0.29) is 24.2 Å². The van der Waals surface area contributed by atoms with Crippen molar-refractivity contribution >= 4 is 24.2 Å². The van der Waals surface area contributed by atoms with E-state index < -0.39 is 18.0 Å². The first-order valence-corrected chi connectivity index (χ1v) is 9.00. The van der Waals surface area contributed by atoms with Crippen molar-refractivity contribution in [2.24, 2.45) is 11.7 Å². The molecule has 3 unspecified atom stereocenters. The molecule has 0 bridgehead atoms. The van der Waals surface area contributed by atoms with Gasteiger partial charge >= 0.3 is 0 Å². The van der Waals surface area contributed by atoms with Gasteiger partial charge in [0.25, 0.3) is 0 Å². The van der Waals surface area contributed by atoms with E-state index in [0.717, 1.165) is 11.1 Å². The number of hydrogen-bond acceptors (Lipinski definition) is 3. The van der Waals surface area contributed by atoms with E-state index in [0.29, 0.717) is 19.5 Å². The Balaban J connectivity index is 0.00000261. The van der Waals surface area contributed by atoms with Crippen LogP contribution in [0.3, 0.4) is 0 Å². The average molecular weight is 388 g/mol. The highest BCUT2D eigenvalue weighted by atomic mass is 35.5. The Labute approximate surface area is 166 Å². The van der Waals surface area contributed by atoms with Crippen LogP contribution in [0, 0.1) is 5.92 Å². The van der Waals surface area contributed by atoms with Gasteiger partial charge in [-0.2, -0.15) is 0 Å². The molecule has 3 N–H and O–H groups in total. The lowest BCUT2D eigenvalue weighted by molar-refractivity contribution is -0.134. The number of carbonyl (C=O) groups excluding carboxylic acids is 2. The number of hydrogen-bond donors (Lipinski definition) is 2. The third kappa shape index (κ3) is 5.08. The molecule has 144 valence electrons. The number of amides is 2. The van der Waals surface area contributed by atoms with Gasteiger partial charge in [0.2, 0.25) is 11.8 Å². The highest BCUT2D eigenvalue weighted by Gasteiger charge is 2.34. The SMILES string of the molecule is CC(C(=O)NC1CCN(Cc2ccccc2)C1=O)C(N)c1ccccc1.Cl. The zero-order valence-corrected chi connectivity index (χ0v) is 16.2. The largest absolute Gasteiger partial charge is 0.344 e. The molecule has 0 spiro atoms. The maximum absolute atomic E-state index is 12.6. The van der Waals surface area contributed by atoms with Crippen LogP contribution in [0.5, 0.6) is 0 Å². The highest BCUT2D eigenvalue weighted by Crippen LogP contribution is 2.21. The second-order valence-corrected chi connectivity index (χ2v) is 6.82. The second-order valence-electron chi connectivity index (χ2n) is 6.82. The van der Waals surface area contributed by atoms with Gasteiger partial charge in [-0.1, -0.05) is 67.6 Å². The lowest BCUT2D eigenvalue weighted by Gasteiger charge is -2.22. The molecular formula is C21H26ClN3O2. The van der Waals surface area contributed by atoms with Gasteiger partial charge < -0.3 is 16.0 Å². The number of nitrogens with one attached hydrogen (secondary N) is 1. The van der Waals surface area contributed by atoms with Crippen molar-refractivity contribution in [3.63, 3.8) is 0 Å². The van der Waals surface area contributed by atoms with Crippen LogP contribution in [0.4, 0.5) is 0 Å². The molecule has 3 rings (SSSR count). The van der Waals surface area contributed by atoms with Crippen LogP contribution in [0.1, 0.15) is 30.5 Å². The van der Waals surface area contributed by atoms with Crippen LogP contribution in [0.2, 0.25) is 0 Å². The summed E-state index contributed by atoms with van der Waals surface area (Å²) in [5.74, 6) is -0.614. The van der Waals surface area contributed by atoms with Crippen molar-refractivity contribution < 1.29 is 9.59 Å². The maximum Gasteiger partial charge on any atom is 0.245 e. The van der Waals surface area contributed by atoms with E-state index in [1.165, 1.54) is 0 Å². The van der Waals surface area contributed by atoms with Crippen LogP contribution in [0.25, 0.3) is 0 Å². The molecule has 1 aliphatic heterocycles. The molecule has 1 heterocycles. The number of nitrogens with zero attached hydrogens (tertiary/aromatic N) is 1. The monoisotopic (exact) mass is 387 g/mol. The Hall–Kier alpha value is -2.37. The molecule has 2 amide bonds. The van der Waals surface area contributed by atoms with Gasteiger partial charge in [0.05, 0.1) is 5.92 Å². The van der Waals surface area contributed by atoms with Gasteiger partial charge in [0.1, 0.15) is 6.04 Å².